The van der Waals surface area contributed by atoms with E-state index in [1.54, 1.807) is 0 Å². The van der Waals surface area contributed by atoms with Gasteiger partial charge >= 0.3 is 5.97 Å². The Morgan fingerprint density at radius 3 is 1.54 bits per heavy atom. The molecule has 0 aromatic heterocycles. The highest BCUT2D eigenvalue weighted by Crippen LogP contribution is 2.03. The van der Waals surface area contributed by atoms with Crippen LogP contribution in [0.1, 0.15) is 0 Å². The molecule has 0 rings (SSSR count). The second-order valence-electron chi connectivity index (χ2n) is 2.35. The van der Waals surface area contributed by atoms with Crippen molar-refractivity contribution in [2.75, 3.05) is 19.1 Å². The fourth-order valence-corrected chi connectivity index (χ4v) is 3.25. The van der Waals surface area contributed by atoms with Gasteiger partial charge in [-0.15, -0.1) is 0 Å². The first kappa shape index (κ1) is 12.3. The van der Waals surface area contributed by atoms with Gasteiger partial charge in [-0.1, -0.05) is 3.71 Å². The van der Waals surface area contributed by atoms with E-state index in [9.17, 15) is 21.6 Å². The highest BCUT2D eigenvalue weighted by atomic mass is 32.3. The molecule has 13 heavy (non-hydrogen) atoms. The molecule has 0 atom stereocenters. The smallest absolute Gasteiger partial charge is 0.320 e. The Kier molecular flexibility index (Phi) is 3.41. The Morgan fingerprint density at radius 1 is 1.15 bits per heavy atom. The number of hydrogen-bond donors (Lipinski definition) is 1. The molecule has 78 valence electrons. The third-order valence-corrected chi connectivity index (χ3v) is 4.37. The van der Waals surface area contributed by atoms with Crippen LogP contribution in [0.3, 0.4) is 0 Å². The highest BCUT2D eigenvalue weighted by molar-refractivity contribution is 8.03. The molecule has 0 saturated carbocycles. The molecule has 0 bridgehead atoms. The zero-order chi connectivity index (χ0) is 10.9. The van der Waals surface area contributed by atoms with Crippen molar-refractivity contribution in [3.8, 4) is 0 Å². The van der Waals surface area contributed by atoms with Crippen molar-refractivity contribution >= 4 is 26.0 Å². The van der Waals surface area contributed by atoms with Gasteiger partial charge in [0.2, 0.25) is 20.0 Å². The molecular formula is C4H9NO6S2. The monoisotopic (exact) mass is 231 g/mol. The van der Waals surface area contributed by atoms with Crippen LogP contribution in [0.4, 0.5) is 0 Å². The molecular weight excluding hydrogens is 222 g/mol. The first-order valence-corrected chi connectivity index (χ1v) is 6.64. The maximum atomic E-state index is 10.8. The Balaban J connectivity index is 5.15. The van der Waals surface area contributed by atoms with Gasteiger partial charge in [-0.3, -0.25) is 4.79 Å². The summed E-state index contributed by atoms with van der Waals surface area (Å²) in [4.78, 5) is 10.1. The van der Waals surface area contributed by atoms with Crippen molar-refractivity contribution in [3.05, 3.63) is 0 Å². The molecule has 9 heteroatoms. The van der Waals surface area contributed by atoms with Gasteiger partial charge < -0.3 is 5.11 Å². The van der Waals surface area contributed by atoms with Gasteiger partial charge in [0.25, 0.3) is 0 Å². The summed E-state index contributed by atoms with van der Waals surface area (Å²) >= 11 is 0. The lowest BCUT2D eigenvalue weighted by molar-refractivity contribution is -0.136. The number of carboxylic acid groups (broad SMARTS) is 1. The quantitative estimate of drug-likeness (QED) is 0.617. The first-order chi connectivity index (χ1) is 5.55. The molecule has 0 aliphatic rings. The predicted molar refractivity (Wildman–Crippen MR) is 44.0 cm³/mol. The minimum Gasteiger partial charge on any atom is -0.480 e. The lowest BCUT2D eigenvalue weighted by Crippen LogP contribution is -2.39. The minimum absolute atomic E-state index is 0.0810. The van der Waals surface area contributed by atoms with E-state index < -0.39 is 32.6 Å². The number of rotatable bonds is 4. The SMILES string of the molecule is CS(=O)(=O)N(CC(=O)O)S(C)(=O)=O. The molecule has 0 unspecified atom stereocenters. The van der Waals surface area contributed by atoms with Crippen molar-refractivity contribution < 1.29 is 26.7 Å². The van der Waals surface area contributed by atoms with E-state index in [1.165, 1.54) is 0 Å². The summed E-state index contributed by atoms with van der Waals surface area (Å²) in [5, 5.41) is 8.24. The Morgan fingerprint density at radius 2 is 1.46 bits per heavy atom. The molecule has 7 nitrogen and oxygen atoms in total. The molecule has 0 aromatic rings. The highest BCUT2D eigenvalue weighted by Gasteiger charge is 2.28. The summed E-state index contributed by atoms with van der Waals surface area (Å²) in [6.45, 7) is -1.09. The van der Waals surface area contributed by atoms with Crippen LogP contribution in [0.15, 0.2) is 0 Å². The normalized spacial score (nSPS) is 13.2. The molecule has 0 saturated heterocycles. The molecule has 0 heterocycles. The van der Waals surface area contributed by atoms with Gasteiger partial charge in [-0.2, -0.15) is 0 Å². The predicted octanol–water partition coefficient (Wildman–Crippen LogP) is -1.71. The maximum Gasteiger partial charge on any atom is 0.320 e. The van der Waals surface area contributed by atoms with Crippen LogP contribution in [0.5, 0.6) is 0 Å². The fraction of sp³-hybridized carbons (Fsp3) is 0.750. The molecule has 0 amide bonds. The van der Waals surface area contributed by atoms with Crippen LogP contribution in [0.25, 0.3) is 0 Å². The lowest BCUT2D eigenvalue weighted by atomic mass is 10.7. The number of sulfonamides is 2. The molecule has 1 N–H and O–H groups in total. The van der Waals surface area contributed by atoms with E-state index in [1.807, 2.05) is 0 Å². The number of hydrogen-bond acceptors (Lipinski definition) is 5. The number of carboxylic acids is 1. The van der Waals surface area contributed by atoms with Gasteiger partial charge in [-0.25, -0.2) is 16.8 Å². The van der Waals surface area contributed by atoms with Crippen molar-refractivity contribution in [3.63, 3.8) is 0 Å². The molecule has 0 aliphatic carbocycles. The summed E-state index contributed by atoms with van der Waals surface area (Å²) in [6.07, 6.45) is 1.24. The van der Waals surface area contributed by atoms with Crippen molar-refractivity contribution in [2.24, 2.45) is 0 Å². The average molecular weight is 231 g/mol. The van der Waals surface area contributed by atoms with Gasteiger partial charge in [0.15, 0.2) is 0 Å². The zero-order valence-electron chi connectivity index (χ0n) is 6.96. The van der Waals surface area contributed by atoms with Crippen LogP contribution in [-0.4, -0.2) is 50.7 Å². The van der Waals surface area contributed by atoms with Crippen LogP contribution in [0.2, 0.25) is 0 Å². The van der Waals surface area contributed by atoms with E-state index in [0.717, 1.165) is 0 Å². The molecule has 0 spiro atoms. The third kappa shape index (κ3) is 4.20. The number of aliphatic carboxylic acids is 1. The second kappa shape index (κ2) is 3.60. The van der Waals surface area contributed by atoms with E-state index in [-0.39, 0.29) is 3.71 Å². The summed E-state index contributed by atoms with van der Waals surface area (Å²) in [7, 11) is -8.11. The number of nitrogens with zero attached hydrogens (tertiary/aromatic N) is 1. The topological polar surface area (TPSA) is 109 Å². The maximum absolute atomic E-state index is 10.8. The Labute approximate surface area is 76.1 Å². The van der Waals surface area contributed by atoms with Crippen molar-refractivity contribution in [1.82, 2.24) is 3.71 Å². The Hall–Kier alpha value is -0.670. The summed E-state index contributed by atoms with van der Waals surface area (Å²) < 4.78 is 43.1. The Bertz CT molecular complexity index is 360. The van der Waals surface area contributed by atoms with Gasteiger partial charge in [-0.05, 0) is 0 Å². The standard InChI is InChI=1S/C4H9NO6S2/c1-12(8,9)5(3-4(6)7)13(2,10)11/h3H2,1-2H3,(H,6,7). The van der Waals surface area contributed by atoms with Gasteiger partial charge in [0, 0.05) is 0 Å². The van der Waals surface area contributed by atoms with Crippen molar-refractivity contribution in [1.29, 1.82) is 0 Å². The summed E-state index contributed by atoms with van der Waals surface area (Å²) in [6, 6.07) is 0. The first-order valence-electron chi connectivity index (χ1n) is 2.95. The van der Waals surface area contributed by atoms with E-state index in [0.29, 0.717) is 12.5 Å². The average Bonchev–Trinajstić information content (AvgIpc) is 1.77. The second-order valence-corrected chi connectivity index (χ2v) is 6.40. The minimum atomic E-state index is -4.05. The van der Waals surface area contributed by atoms with E-state index in [2.05, 4.69) is 0 Å². The van der Waals surface area contributed by atoms with E-state index in [4.69, 9.17) is 5.11 Å². The molecule has 0 aromatic carbocycles. The summed E-state index contributed by atoms with van der Waals surface area (Å²) in [5.41, 5.74) is 0. The van der Waals surface area contributed by atoms with Crippen LogP contribution in [0, 0.1) is 0 Å². The van der Waals surface area contributed by atoms with Crippen molar-refractivity contribution in [2.45, 2.75) is 0 Å². The summed E-state index contributed by atoms with van der Waals surface area (Å²) in [5.74, 6) is -1.53. The van der Waals surface area contributed by atoms with Gasteiger partial charge in [0.05, 0.1) is 12.5 Å². The molecule has 0 fully saturated rings. The zero-order valence-corrected chi connectivity index (χ0v) is 8.59. The largest absolute Gasteiger partial charge is 0.480 e. The van der Waals surface area contributed by atoms with Gasteiger partial charge in [0.1, 0.15) is 6.54 Å². The van der Waals surface area contributed by atoms with Crippen LogP contribution >= 0.6 is 0 Å². The number of carbonyl (C=O) groups is 1. The third-order valence-electron chi connectivity index (χ3n) is 1.00. The fourth-order valence-electron chi connectivity index (χ4n) is 0.591. The lowest BCUT2D eigenvalue weighted by Gasteiger charge is -2.14. The molecule has 0 radical (unpaired) electrons. The van der Waals surface area contributed by atoms with Crippen LogP contribution < -0.4 is 0 Å². The van der Waals surface area contributed by atoms with Crippen LogP contribution in [-0.2, 0) is 24.8 Å². The van der Waals surface area contributed by atoms with E-state index >= 15 is 0 Å². The molecule has 0 aliphatic heterocycles.